The first-order valence-corrected chi connectivity index (χ1v) is 6.24. The lowest BCUT2D eigenvalue weighted by Gasteiger charge is -2.34. The van der Waals surface area contributed by atoms with Crippen LogP contribution in [0.5, 0.6) is 0 Å². The molecule has 2 unspecified atom stereocenters. The van der Waals surface area contributed by atoms with Crippen LogP contribution >= 0.6 is 0 Å². The Morgan fingerprint density at radius 1 is 1.53 bits per heavy atom. The number of likely N-dealkylation sites (tertiary alicyclic amines) is 1. The number of rotatable bonds is 6. The van der Waals surface area contributed by atoms with E-state index < -0.39 is 0 Å². The summed E-state index contributed by atoms with van der Waals surface area (Å²) in [6.07, 6.45) is 4.23. The van der Waals surface area contributed by atoms with Gasteiger partial charge in [0.25, 0.3) is 0 Å². The number of hydrogen-bond acceptors (Lipinski definition) is 3. The number of nitrogens with zero attached hydrogens (tertiary/aromatic N) is 1. The summed E-state index contributed by atoms with van der Waals surface area (Å²) >= 11 is 0. The van der Waals surface area contributed by atoms with E-state index in [0.717, 1.165) is 13.1 Å². The molecule has 1 aliphatic heterocycles. The van der Waals surface area contributed by atoms with Crippen LogP contribution in [0.3, 0.4) is 0 Å². The quantitative estimate of drug-likeness (QED) is 0.725. The molecule has 0 saturated carbocycles. The lowest BCUT2D eigenvalue weighted by Crippen LogP contribution is -2.47. The van der Waals surface area contributed by atoms with Crippen LogP contribution in [0.4, 0.5) is 0 Å². The van der Waals surface area contributed by atoms with Crippen molar-refractivity contribution in [3.05, 3.63) is 0 Å². The molecule has 3 heteroatoms. The highest BCUT2D eigenvalue weighted by Crippen LogP contribution is 2.10. The fourth-order valence-electron chi connectivity index (χ4n) is 2.17. The van der Waals surface area contributed by atoms with Gasteiger partial charge in [0.15, 0.2) is 0 Å². The summed E-state index contributed by atoms with van der Waals surface area (Å²) in [7, 11) is 1.79. The first-order valence-electron chi connectivity index (χ1n) is 6.24. The van der Waals surface area contributed by atoms with Crippen LogP contribution in [0.25, 0.3) is 0 Å². The van der Waals surface area contributed by atoms with Crippen LogP contribution in [0.2, 0.25) is 0 Å². The van der Waals surface area contributed by atoms with Crippen molar-refractivity contribution >= 4 is 0 Å². The second-order valence-electron chi connectivity index (χ2n) is 4.60. The van der Waals surface area contributed by atoms with Crippen LogP contribution < -0.4 is 5.32 Å². The number of hydrogen-bond donors (Lipinski definition) is 1. The van der Waals surface area contributed by atoms with Gasteiger partial charge in [-0.1, -0.05) is 6.92 Å². The van der Waals surface area contributed by atoms with Gasteiger partial charge in [-0.05, 0) is 39.3 Å². The largest absolute Gasteiger partial charge is 0.380 e. The molecule has 1 heterocycles. The van der Waals surface area contributed by atoms with Crippen molar-refractivity contribution in [3.63, 3.8) is 0 Å². The summed E-state index contributed by atoms with van der Waals surface area (Å²) in [5, 5.41) is 3.61. The van der Waals surface area contributed by atoms with Crippen LogP contribution in [0.1, 0.15) is 33.1 Å². The second kappa shape index (κ2) is 7.20. The van der Waals surface area contributed by atoms with Gasteiger partial charge in [0.05, 0.1) is 6.10 Å². The summed E-state index contributed by atoms with van der Waals surface area (Å²) in [6.45, 7) is 9.01. The summed E-state index contributed by atoms with van der Waals surface area (Å²) in [5.41, 5.74) is 0. The molecular formula is C12H26N2O. The fraction of sp³-hybridized carbons (Fsp3) is 1.00. The van der Waals surface area contributed by atoms with E-state index in [1.165, 1.54) is 32.4 Å². The number of methoxy groups -OCH3 is 1. The summed E-state index contributed by atoms with van der Waals surface area (Å²) in [4.78, 5) is 2.52. The maximum absolute atomic E-state index is 5.31. The lowest BCUT2D eigenvalue weighted by atomic mass is 10.1. The van der Waals surface area contributed by atoms with Crippen molar-refractivity contribution < 1.29 is 4.74 Å². The molecule has 0 spiro atoms. The molecule has 0 bridgehead atoms. The SMILES string of the molecule is CCCNC1CCCN(CC(C)OC)C1. The molecule has 0 aromatic carbocycles. The maximum atomic E-state index is 5.31. The standard InChI is InChI=1S/C12H26N2O/c1-4-7-13-12-6-5-8-14(10-12)9-11(2)15-3/h11-13H,4-10H2,1-3H3. The van der Waals surface area contributed by atoms with Crippen molar-refractivity contribution in [2.24, 2.45) is 0 Å². The molecule has 0 aromatic heterocycles. The Labute approximate surface area is 94.2 Å². The van der Waals surface area contributed by atoms with E-state index in [4.69, 9.17) is 4.74 Å². The Kier molecular flexibility index (Phi) is 6.22. The zero-order valence-corrected chi connectivity index (χ0v) is 10.5. The van der Waals surface area contributed by atoms with E-state index in [1.54, 1.807) is 7.11 Å². The van der Waals surface area contributed by atoms with E-state index in [2.05, 4.69) is 24.1 Å². The number of piperidine rings is 1. The van der Waals surface area contributed by atoms with Crippen LogP contribution in [0, 0.1) is 0 Å². The molecule has 1 aliphatic rings. The minimum Gasteiger partial charge on any atom is -0.380 e. The third kappa shape index (κ3) is 4.96. The molecule has 3 nitrogen and oxygen atoms in total. The van der Waals surface area contributed by atoms with Gasteiger partial charge in [-0.25, -0.2) is 0 Å². The highest BCUT2D eigenvalue weighted by Gasteiger charge is 2.20. The van der Waals surface area contributed by atoms with E-state index in [0.29, 0.717) is 12.1 Å². The summed E-state index contributed by atoms with van der Waals surface area (Å²) < 4.78 is 5.31. The fourth-order valence-corrected chi connectivity index (χ4v) is 2.17. The molecule has 1 fully saturated rings. The molecule has 1 N–H and O–H groups in total. The van der Waals surface area contributed by atoms with E-state index in [1.807, 2.05) is 0 Å². The summed E-state index contributed by atoms with van der Waals surface area (Å²) in [5.74, 6) is 0. The van der Waals surface area contributed by atoms with Crippen LogP contribution in [0.15, 0.2) is 0 Å². The minimum absolute atomic E-state index is 0.356. The highest BCUT2D eigenvalue weighted by molar-refractivity contribution is 4.78. The molecule has 1 rings (SSSR count). The monoisotopic (exact) mass is 214 g/mol. The average Bonchev–Trinajstić information content (AvgIpc) is 2.26. The van der Waals surface area contributed by atoms with Gasteiger partial charge in [-0.3, -0.25) is 4.90 Å². The average molecular weight is 214 g/mol. The van der Waals surface area contributed by atoms with Crippen molar-refractivity contribution in [1.82, 2.24) is 10.2 Å². The first-order chi connectivity index (χ1) is 7.26. The highest BCUT2D eigenvalue weighted by atomic mass is 16.5. The molecule has 2 atom stereocenters. The predicted molar refractivity (Wildman–Crippen MR) is 64.2 cm³/mol. The van der Waals surface area contributed by atoms with E-state index in [9.17, 15) is 0 Å². The second-order valence-corrected chi connectivity index (χ2v) is 4.60. The summed E-state index contributed by atoms with van der Waals surface area (Å²) in [6, 6.07) is 0.697. The van der Waals surface area contributed by atoms with Crippen molar-refractivity contribution in [2.75, 3.05) is 33.3 Å². The molecule has 0 radical (unpaired) electrons. The Morgan fingerprint density at radius 2 is 2.33 bits per heavy atom. The molecule has 15 heavy (non-hydrogen) atoms. The Balaban J connectivity index is 2.22. The van der Waals surface area contributed by atoms with E-state index >= 15 is 0 Å². The molecule has 0 aliphatic carbocycles. The topological polar surface area (TPSA) is 24.5 Å². The van der Waals surface area contributed by atoms with Gasteiger partial charge in [-0.2, -0.15) is 0 Å². The van der Waals surface area contributed by atoms with Crippen LogP contribution in [-0.2, 0) is 4.74 Å². The van der Waals surface area contributed by atoms with Gasteiger partial charge in [-0.15, -0.1) is 0 Å². The van der Waals surface area contributed by atoms with Gasteiger partial charge in [0.1, 0.15) is 0 Å². The van der Waals surface area contributed by atoms with Gasteiger partial charge < -0.3 is 10.1 Å². The molecular weight excluding hydrogens is 188 g/mol. The Hall–Kier alpha value is -0.120. The maximum Gasteiger partial charge on any atom is 0.0670 e. The first kappa shape index (κ1) is 12.9. The molecule has 90 valence electrons. The predicted octanol–water partition coefficient (Wildman–Crippen LogP) is 1.49. The zero-order valence-electron chi connectivity index (χ0n) is 10.5. The number of nitrogens with one attached hydrogen (secondary N) is 1. The Bertz CT molecular complexity index is 164. The third-order valence-corrected chi connectivity index (χ3v) is 3.11. The molecule has 0 aromatic rings. The van der Waals surface area contributed by atoms with Gasteiger partial charge in [0, 0.05) is 26.2 Å². The minimum atomic E-state index is 0.356. The smallest absolute Gasteiger partial charge is 0.0670 e. The van der Waals surface area contributed by atoms with Crippen LogP contribution in [-0.4, -0.2) is 50.3 Å². The number of ether oxygens (including phenoxy) is 1. The van der Waals surface area contributed by atoms with Crippen molar-refractivity contribution in [2.45, 2.75) is 45.3 Å². The van der Waals surface area contributed by atoms with Gasteiger partial charge >= 0.3 is 0 Å². The van der Waals surface area contributed by atoms with Gasteiger partial charge in [0.2, 0.25) is 0 Å². The van der Waals surface area contributed by atoms with E-state index in [-0.39, 0.29) is 0 Å². The lowest BCUT2D eigenvalue weighted by molar-refractivity contribution is 0.0639. The Morgan fingerprint density at radius 3 is 3.00 bits per heavy atom. The molecule has 1 saturated heterocycles. The zero-order chi connectivity index (χ0) is 11.1. The third-order valence-electron chi connectivity index (χ3n) is 3.11. The van der Waals surface area contributed by atoms with Crippen molar-refractivity contribution in [3.8, 4) is 0 Å². The van der Waals surface area contributed by atoms with Crippen molar-refractivity contribution in [1.29, 1.82) is 0 Å². The molecule has 0 amide bonds. The normalized spacial score (nSPS) is 25.4.